The van der Waals surface area contributed by atoms with Crippen molar-refractivity contribution in [2.24, 2.45) is 0 Å². The molecular weight excluding hydrogens is 295 g/mol. The van der Waals surface area contributed by atoms with Crippen LogP contribution in [-0.2, 0) is 6.18 Å². The molecule has 0 atom stereocenters. The maximum atomic E-state index is 13.0. The molecule has 0 bridgehead atoms. The zero-order chi connectivity index (χ0) is 14.9. The molecule has 21 heavy (non-hydrogen) atoms. The Morgan fingerprint density at radius 3 is 2.24 bits per heavy atom. The summed E-state index contributed by atoms with van der Waals surface area (Å²) in [6, 6.07) is 15.0. The number of alkyl halides is 3. The molecule has 1 nitrogen and oxygen atoms in total. The third-order valence-electron chi connectivity index (χ3n) is 3.03. The smallest absolute Gasteiger partial charge is 0.244 e. The first-order valence-corrected chi connectivity index (χ1v) is 7.05. The first-order chi connectivity index (χ1) is 10.1. The van der Waals surface area contributed by atoms with Crippen molar-refractivity contribution < 1.29 is 13.2 Å². The van der Waals surface area contributed by atoms with E-state index in [2.05, 4.69) is 4.98 Å². The van der Waals surface area contributed by atoms with Crippen LogP contribution in [0, 0.1) is 0 Å². The van der Waals surface area contributed by atoms with Crippen molar-refractivity contribution in [2.75, 3.05) is 0 Å². The molecule has 0 spiro atoms. The lowest BCUT2D eigenvalue weighted by molar-refractivity contribution is -0.137. The number of thiazole rings is 1. The molecule has 0 N–H and O–H groups in total. The molecule has 0 aliphatic heterocycles. The number of benzene rings is 2. The Balaban J connectivity index is 2.06. The van der Waals surface area contributed by atoms with Crippen LogP contribution in [0.25, 0.3) is 21.0 Å². The molecule has 0 amide bonds. The Bertz CT molecular complexity index is 747. The maximum Gasteiger partial charge on any atom is 0.417 e. The van der Waals surface area contributed by atoms with E-state index in [1.165, 1.54) is 23.5 Å². The van der Waals surface area contributed by atoms with E-state index in [1.807, 2.05) is 30.3 Å². The van der Waals surface area contributed by atoms with Gasteiger partial charge in [-0.15, -0.1) is 11.3 Å². The first-order valence-electron chi connectivity index (χ1n) is 6.23. The summed E-state index contributed by atoms with van der Waals surface area (Å²) in [5.41, 5.74) is 0.418. The summed E-state index contributed by atoms with van der Waals surface area (Å²) in [6.07, 6.45) is -2.77. The zero-order valence-corrected chi connectivity index (χ0v) is 11.6. The molecule has 5 heteroatoms. The number of nitrogens with zero attached hydrogens (tertiary/aromatic N) is 1. The third kappa shape index (κ3) is 2.83. The lowest BCUT2D eigenvalue weighted by Gasteiger charge is -2.10. The van der Waals surface area contributed by atoms with Gasteiger partial charge in [0.15, 0.2) is 0 Å². The Morgan fingerprint density at radius 2 is 1.52 bits per heavy atom. The molecule has 2 aromatic carbocycles. The first kappa shape index (κ1) is 13.8. The molecule has 0 saturated heterocycles. The summed E-state index contributed by atoms with van der Waals surface area (Å²) in [4.78, 5) is 5.01. The standard InChI is InChI=1S/C16H10F3NS/c17-16(18,19)13-9-5-4-8-12(13)15-20-10-14(21-15)11-6-2-1-3-7-11/h1-10H. The second-order valence-electron chi connectivity index (χ2n) is 4.44. The van der Waals surface area contributed by atoms with Gasteiger partial charge in [0.25, 0.3) is 0 Å². The van der Waals surface area contributed by atoms with Crippen molar-refractivity contribution in [2.45, 2.75) is 6.18 Å². The van der Waals surface area contributed by atoms with E-state index >= 15 is 0 Å². The summed E-state index contributed by atoms with van der Waals surface area (Å²) in [5, 5.41) is 0.377. The van der Waals surface area contributed by atoms with Crippen LogP contribution in [0.4, 0.5) is 13.2 Å². The van der Waals surface area contributed by atoms with E-state index < -0.39 is 11.7 Å². The molecule has 0 fully saturated rings. The van der Waals surface area contributed by atoms with Crippen LogP contribution in [0.2, 0.25) is 0 Å². The van der Waals surface area contributed by atoms with Crippen molar-refractivity contribution >= 4 is 11.3 Å². The van der Waals surface area contributed by atoms with Gasteiger partial charge in [-0.1, -0.05) is 48.5 Å². The monoisotopic (exact) mass is 305 g/mol. The molecule has 0 aliphatic rings. The summed E-state index contributed by atoms with van der Waals surface area (Å²) in [5.74, 6) is 0. The van der Waals surface area contributed by atoms with Crippen LogP contribution >= 0.6 is 11.3 Å². The van der Waals surface area contributed by atoms with Crippen LogP contribution in [0.5, 0.6) is 0 Å². The number of hydrogen-bond acceptors (Lipinski definition) is 2. The fraction of sp³-hybridized carbons (Fsp3) is 0.0625. The van der Waals surface area contributed by atoms with Gasteiger partial charge in [0.2, 0.25) is 0 Å². The van der Waals surface area contributed by atoms with Gasteiger partial charge in [0.1, 0.15) is 5.01 Å². The van der Waals surface area contributed by atoms with E-state index in [-0.39, 0.29) is 5.56 Å². The van der Waals surface area contributed by atoms with Crippen LogP contribution in [0.15, 0.2) is 60.8 Å². The Labute approximate surface area is 123 Å². The molecule has 1 aromatic heterocycles. The van der Waals surface area contributed by atoms with E-state index in [4.69, 9.17) is 0 Å². The Kier molecular flexibility index (Phi) is 3.51. The Hall–Kier alpha value is -2.14. The van der Waals surface area contributed by atoms with E-state index in [0.717, 1.165) is 16.5 Å². The molecule has 3 rings (SSSR count). The van der Waals surface area contributed by atoms with Crippen LogP contribution in [-0.4, -0.2) is 4.98 Å². The molecule has 106 valence electrons. The topological polar surface area (TPSA) is 12.9 Å². The molecule has 3 aromatic rings. The predicted octanol–water partition coefficient (Wildman–Crippen LogP) is 5.50. The maximum absolute atomic E-state index is 13.0. The molecule has 0 radical (unpaired) electrons. The van der Waals surface area contributed by atoms with Crippen LogP contribution in [0.1, 0.15) is 5.56 Å². The highest BCUT2D eigenvalue weighted by Gasteiger charge is 2.34. The highest BCUT2D eigenvalue weighted by Crippen LogP contribution is 2.39. The summed E-state index contributed by atoms with van der Waals surface area (Å²) in [7, 11) is 0. The van der Waals surface area contributed by atoms with Gasteiger partial charge in [0, 0.05) is 11.8 Å². The number of rotatable bonds is 2. The summed E-state index contributed by atoms with van der Waals surface area (Å²) >= 11 is 1.26. The molecule has 0 unspecified atom stereocenters. The van der Waals surface area contributed by atoms with Crippen molar-refractivity contribution in [3.05, 3.63) is 66.4 Å². The second kappa shape index (κ2) is 5.33. The van der Waals surface area contributed by atoms with Crippen molar-refractivity contribution in [3.8, 4) is 21.0 Å². The van der Waals surface area contributed by atoms with Gasteiger partial charge in [-0.25, -0.2) is 4.98 Å². The van der Waals surface area contributed by atoms with Gasteiger partial charge in [-0.05, 0) is 11.6 Å². The van der Waals surface area contributed by atoms with E-state index in [9.17, 15) is 13.2 Å². The largest absolute Gasteiger partial charge is 0.417 e. The van der Waals surface area contributed by atoms with Gasteiger partial charge in [-0.2, -0.15) is 13.2 Å². The van der Waals surface area contributed by atoms with Crippen LogP contribution < -0.4 is 0 Å². The van der Waals surface area contributed by atoms with Crippen molar-refractivity contribution in [1.29, 1.82) is 0 Å². The number of aromatic nitrogens is 1. The minimum Gasteiger partial charge on any atom is -0.244 e. The highest BCUT2D eigenvalue weighted by atomic mass is 32.1. The van der Waals surface area contributed by atoms with Gasteiger partial charge in [0.05, 0.1) is 10.4 Å². The number of halogens is 3. The average Bonchev–Trinajstić information content (AvgIpc) is 2.97. The van der Waals surface area contributed by atoms with Gasteiger partial charge in [-0.3, -0.25) is 0 Å². The van der Waals surface area contributed by atoms with Gasteiger partial charge < -0.3 is 0 Å². The van der Waals surface area contributed by atoms with E-state index in [0.29, 0.717) is 5.01 Å². The summed E-state index contributed by atoms with van der Waals surface area (Å²) < 4.78 is 39.1. The minimum absolute atomic E-state index is 0.122. The molecule has 1 heterocycles. The average molecular weight is 305 g/mol. The second-order valence-corrected chi connectivity index (χ2v) is 5.47. The normalized spacial score (nSPS) is 11.6. The highest BCUT2D eigenvalue weighted by molar-refractivity contribution is 7.18. The number of hydrogen-bond donors (Lipinski definition) is 0. The SMILES string of the molecule is FC(F)(F)c1ccccc1-c1ncc(-c2ccccc2)s1. The summed E-state index contributed by atoms with van der Waals surface area (Å²) in [6.45, 7) is 0. The van der Waals surface area contributed by atoms with Crippen molar-refractivity contribution in [1.82, 2.24) is 4.98 Å². The Morgan fingerprint density at radius 1 is 0.857 bits per heavy atom. The fourth-order valence-corrected chi connectivity index (χ4v) is 3.01. The quantitative estimate of drug-likeness (QED) is 0.609. The lowest BCUT2D eigenvalue weighted by atomic mass is 10.1. The molecule has 0 aliphatic carbocycles. The molecular formula is C16H10F3NS. The molecule has 0 saturated carbocycles. The van der Waals surface area contributed by atoms with Crippen molar-refractivity contribution in [3.63, 3.8) is 0 Å². The zero-order valence-electron chi connectivity index (χ0n) is 10.8. The minimum atomic E-state index is -4.38. The van der Waals surface area contributed by atoms with E-state index in [1.54, 1.807) is 12.3 Å². The predicted molar refractivity (Wildman–Crippen MR) is 78.0 cm³/mol. The third-order valence-corrected chi connectivity index (χ3v) is 4.11. The fourth-order valence-electron chi connectivity index (χ4n) is 2.05. The van der Waals surface area contributed by atoms with Crippen LogP contribution in [0.3, 0.4) is 0 Å². The lowest BCUT2D eigenvalue weighted by Crippen LogP contribution is -2.06. The van der Waals surface area contributed by atoms with Gasteiger partial charge >= 0.3 is 6.18 Å².